The quantitative estimate of drug-likeness (QED) is 0.916. The van der Waals surface area contributed by atoms with E-state index in [9.17, 15) is 4.79 Å². The number of morpholine rings is 1. The van der Waals surface area contributed by atoms with Gasteiger partial charge in [-0.15, -0.1) is 0 Å². The Morgan fingerprint density at radius 2 is 1.96 bits per heavy atom. The Morgan fingerprint density at radius 3 is 2.65 bits per heavy atom. The zero-order chi connectivity index (χ0) is 15.9. The van der Waals surface area contributed by atoms with E-state index >= 15 is 0 Å². The van der Waals surface area contributed by atoms with Crippen molar-refractivity contribution in [2.45, 2.75) is 6.04 Å². The van der Waals surface area contributed by atoms with Crippen LogP contribution in [0.5, 0.6) is 0 Å². The molecular weight excluding hydrogens is 290 g/mol. The first-order valence-corrected chi connectivity index (χ1v) is 7.89. The molecule has 1 atom stereocenters. The Balaban J connectivity index is 1.70. The van der Waals surface area contributed by atoms with Crippen molar-refractivity contribution in [3.63, 3.8) is 0 Å². The highest BCUT2D eigenvalue weighted by molar-refractivity contribution is 5.94. The van der Waals surface area contributed by atoms with Gasteiger partial charge in [-0.05, 0) is 23.8 Å². The average Bonchev–Trinajstić information content (AvgIpc) is 2.64. The Hall–Kier alpha value is -2.24. The van der Waals surface area contributed by atoms with Crippen LogP contribution in [0.15, 0.2) is 54.9 Å². The number of ether oxygens (including phenoxy) is 1. The fourth-order valence-corrected chi connectivity index (χ4v) is 2.80. The Labute approximate surface area is 136 Å². The fourth-order valence-electron chi connectivity index (χ4n) is 2.80. The van der Waals surface area contributed by atoms with E-state index in [1.165, 1.54) is 0 Å². The predicted molar refractivity (Wildman–Crippen MR) is 88.1 cm³/mol. The van der Waals surface area contributed by atoms with Crippen molar-refractivity contribution < 1.29 is 9.53 Å². The summed E-state index contributed by atoms with van der Waals surface area (Å²) in [4.78, 5) is 18.8. The van der Waals surface area contributed by atoms with Crippen LogP contribution >= 0.6 is 0 Å². The minimum Gasteiger partial charge on any atom is -0.379 e. The van der Waals surface area contributed by atoms with Crippen molar-refractivity contribution in [2.24, 2.45) is 0 Å². The number of benzene rings is 1. The van der Waals surface area contributed by atoms with Gasteiger partial charge in [-0.1, -0.05) is 24.3 Å². The van der Waals surface area contributed by atoms with Crippen LogP contribution in [0.25, 0.3) is 0 Å². The van der Waals surface area contributed by atoms with Gasteiger partial charge in [-0.3, -0.25) is 14.7 Å². The molecule has 1 fully saturated rings. The van der Waals surface area contributed by atoms with Crippen LogP contribution in [0.2, 0.25) is 0 Å². The van der Waals surface area contributed by atoms with Crippen molar-refractivity contribution in [1.29, 1.82) is 0 Å². The summed E-state index contributed by atoms with van der Waals surface area (Å²) in [5.74, 6) is -0.0484. The zero-order valence-corrected chi connectivity index (χ0v) is 13.0. The third kappa shape index (κ3) is 4.15. The summed E-state index contributed by atoms with van der Waals surface area (Å²) < 4.78 is 5.44. The first-order valence-electron chi connectivity index (χ1n) is 7.89. The van der Waals surface area contributed by atoms with E-state index in [2.05, 4.69) is 21.3 Å². The van der Waals surface area contributed by atoms with E-state index in [0.717, 1.165) is 31.9 Å². The summed E-state index contributed by atoms with van der Waals surface area (Å²) in [6.45, 7) is 3.73. The summed E-state index contributed by atoms with van der Waals surface area (Å²) in [5, 5.41) is 3.05. The number of rotatable bonds is 5. The van der Waals surface area contributed by atoms with Gasteiger partial charge >= 0.3 is 0 Å². The Morgan fingerprint density at radius 1 is 1.17 bits per heavy atom. The molecule has 1 amide bonds. The molecule has 1 unspecified atom stereocenters. The number of nitrogens with zero attached hydrogens (tertiary/aromatic N) is 2. The molecule has 5 heteroatoms. The fraction of sp³-hybridized carbons (Fsp3) is 0.333. The van der Waals surface area contributed by atoms with Gasteiger partial charge in [0.1, 0.15) is 0 Å². The van der Waals surface area contributed by atoms with Crippen LogP contribution in [0, 0.1) is 0 Å². The number of hydrogen-bond acceptors (Lipinski definition) is 4. The van der Waals surface area contributed by atoms with E-state index in [-0.39, 0.29) is 11.9 Å². The van der Waals surface area contributed by atoms with Crippen molar-refractivity contribution in [1.82, 2.24) is 15.2 Å². The van der Waals surface area contributed by atoms with Crippen molar-refractivity contribution in [2.75, 3.05) is 32.8 Å². The third-order valence-corrected chi connectivity index (χ3v) is 4.05. The minimum atomic E-state index is -0.0484. The molecule has 5 nitrogen and oxygen atoms in total. The molecule has 0 bridgehead atoms. The molecule has 2 aromatic rings. The molecule has 0 saturated carbocycles. The molecule has 1 N–H and O–H groups in total. The summed E-state index contributed by atoms with van der Waals surface area (Å²) >= 11 is 0. The van der Waals surface area contributed by atoms with Gasteiger partial charge in [0, 0.05) is 37.6 Å². The molecule has 1 aromatic heterocycles. The zero-order valence-electron chi connectivity index (χ0n) is 13.0. The van der Waals surface area contributed by atoms with Gasteiger partial charge in [0.15, 0.2) is 0 Å². The minimum absolute atomic E-state index is 0.0484. The van der Waals surface area contributed by atoms with Gasteiger partial charge in [-0.25, -0.2) is 0 Å². The summed E-state index contributed by atoms with van der Waals surface area (Å²) in [6, 6.07) is 13.4. The molecule has 1 aromatic carbocycles. The van der Waals surface area contributed by atoms with E-state index in [1.807, 2.05) is 42.6 Å². The summed E-state index contributed by atoms with van der Waals surface area (Å²) in [7, 11) is 0. The van der Waals surface area contributed by atoms with Crippen molar-refractivity contribution >= 4 is 5.91 Å². The summed E-state index contributed by atoms with van der Waals surface area (Å²) in [6.07, 6.45) is 3.64. The number of carbonyl (C=O) groups excluding carboxylic acids is 1. The monoisotopic (exact) mass is 311 g/mol. The van der Waals surface area contributed by atoms with Crippen LogP contribution in [-0.2, 0) is 4.74 Å². The molecule has 120 valence electrons. The van der Waals surface area contributed by atoms with Gasteiger partial charge in [-0.2, -0.15) is 0 Å². The number of hydrogen-bond donors (Lipinski definition) is 1. The lowest BCUT2D eigenvalue weighted by Gasteiger charge is -2.34. The molecule has 0 radical (unpaired) electrons. The molecule has 1 saturated heterocycles. The van der Waals surface area contributed by atoms with Gasteiger partial charge in [0.25, 0.3) is 5.91 Å². The smallest absolute Gasteiger partial charge is 0.251 e. The number of nitrogens with one attached hydrogen (secondary N) is 1. The molecule has 1 aliphatic rings. The highest BCUT2D eigenvalue weighted by Crippen LogP contribution is 2.20. The van der Waals surface area contributed by atoms with Crippen LogP contribution in [0.4, 0.5) is 0 Å². The third-order valence-electron chi connectivity index (χ3n) is 4.05. The van der Waals surface area contributed by atoms with Gasteiger partial charge in [0.2, 0.25) is 0 Å². The highest BCUT2D eigenvalue weighted by atomic mass is 16.5. The molecule has 1 aliphatic heterocycles. The Kier molecular flexibility index (Phi) is 5.34. The molecule has 23 heavy (non-hydrogen) atoms. The van der Waals surface area contributed by atoms with E-state index in [1.54, 1.807) is 6.20 Å². The van der Waals surface area contributed by atoms with Gasteiger partial charge in [0.05, 0.1) is 19.3 Å². The van der Waals surface area contributed by atoms with Crippen LogP contribution < -0.4 is 5.32 Å². The average molecular weight is 311 g/mol. The molecule has 0 spiro atoms. The standard InChI is InChI=1S/C18H21N3O2/c22-18(15-5-2-1-3-6-15)20-14-17(16-7-4-8-19-13-16)21-9-11-23-12-10-21/h1-8,13,17H,9-12,14H2,(H,20,22). The number of carbonyl (C=O) groups is 1. The first-order chi connectivity index (χ1) is 11.3. The van der Waals surface area contributed by atoms with Gasteiger partial charge < -0.3 is 10.1 Å². The Bertz CT molecular complexity index is 613. The van der Waals surface area contributed by atoms with E-state index in [0.29, 0.717) is 12.1 Å². The summed E-state index contributed by atoms with van der Waals surface area (Å²) in [5.41, 5.74) is 1.79. The first kappa shape index (κ1) is 15.6. The maximum absolute atomic E-state index is 12.3. The number of aromatic nitrogens is 1. The largest absolute Gasteiger partial charge is 0.379 e. The maximum Gasteiger partial charge on any atom is 0.251 e. The second-order valence-electron chi connectivity index (χ2n) is 5.53. The molecular formula is C18H21N3O2. The van der Waals surface area contributed by atoms with Crippen molar-refractivity contribution in [3.8, 4) is 0 Å². The lowest BCUT2D eigenvalue weighted by atomic mass is 10.1. The van der Waals surface area contributed by atoms with E-state index < -0.39 is 0 Å². The highest BCUT2D eigenvalue weighted by Gasteiger charge is 2.23. The second-order valence-corrected chi connectivity index (χ2v) is 5.53. The van der Waals surface area contributed by atoms with Crippen LogP contribution in [-0.4, -0.2) is 48.6 Å². The predicted octanol–water partition coefficient (Wildman–Crippen LogP) is 1.88. The SMILES string of the molecule is O=C(NCC(c1cccnc1)N1CCOCC1)c1ccccc1. The second kappa shape index (κ2) is 7.85. The molecule has 3 rings (SSSR count). The lowest BCUT2D eigenvalue weighted by molar-refractivity contribution is 0.0161. The normalized spacial score (nSPS) is 16.7. The molecule has 2 heterocycles. The van der Waals surface area contributed by atoms with Crippen LogP contribution in [0.1, 0.15) is 22.0 Å². The number of pyridine rings is 1. The maximum atomic E-state index is 12.3. The number of amides is 1. The van der Waals surface area contributed by atoms with Crippen molar-refractivity contribution in [3.05, 3.63) is 66.0 Å². The lowest BCUT2D eigenvalue weighted by Crippen LogP contribution is -2.43. The van der Waals surface area contributed by atoms with E-state index in [4.69, 9.17) is 4.74 Å². The topological polar surface area (TPSA) is 54.5 Å². The molecule has 0 aliphatic carbocycles. The van der Waals surface area contributed by atoms with Crippen LogP contribution in [0.3, 0.4) is 0 Å².